The van der Waals surface area contributed by atoms with Gasteiger partial charge in [-0.15, -0.1) is 5.10 Å². The van der Waals surface area contributed by atoms with Crippen LogP contribution >= 0.6 is 0 Å². The van der Waals surface area contributed by atoms with E-state index >= 15 is 0 Å². The minimum absolute atomic E-state index is 0.0555. The van der Waals surface area contributed by atoms with Gasteiger partial charge >= 0.3 is 6.01 Å². The van der Waals surface area contributed by atoms with Gasteiger partial charge in [-0.3, -0.25) is 4.79 Å². The van der Waals surface area contributed by atoms with E-state index < -0.39 is 24.1 Å². The van der Waals surface area contributed by atoms with Crippen LogP contribution in [0.5, 0.6) is 5.75 Å². The van der Waals surface area contributed by atoms with Crippen molar-refractivity contribution in [2.45, 2.75) is 26.4 Å². The molecule has 160 valence electrons. The van der Waals surface area contributed by atoms with E-state index in [0.29, 0.717) is 12.0 Å². The largest absolute Gasteiger partial charge is 0.483 e. The Morgan fingerprint density at radius 2 is 2.03 bits per heavy atom. The predicted octanol–water partition coefficient (Wildman–Crippen LogP) is 2.97. The molecule has 3 aromatic rings. The molecule has 0 spiro atoms. The van der Waals surface area contributed by atoms with Crippen molar-refractivity contribution in [2.75, 3.05) is 12.3 Å². The van der Waals surface area contributed by atoms with Crippen LogP contribution in [0.25, 0.3) is 0 Å². The van der Waals surface area contributed by atoms with Crippen LogP contribution in [0.15, 0.2) is 40.8 Å². The molecule has 0 aliphatic heterocycles. The second-order valence-electron chi connectivity index (χ2n) is 6.56. The fraction of sp³-hybridized carbons (Fsp3) is 0.238. The summed E-state index contributed by atoms with van der Waals surface area (Å²) in [5.41, 5.74) is 6.11. The minimum atomic E-state index is -0.638. The van der Waals surface area contributed by atoms with E-state index in [0.717, 1.165) is 6.07 Å². The first-order valence-electron chi connectivity index (χ1n) is 9.35. The first kappa shape index (κ1) is 21.7. The SMILES string of the molecule is CCc1c(F)cccc1OCC(=O)N(Cc1nnc(N)o1)Cc1ccc(C#N)cc1F. The van der Waals surface area contributed by atoms with Crippen LogP contribution in [-0.2, 0) is 24.3 Å². The fourth-order valence-corrected chi connectivity index (χ4v) is 2.92. The molecule has 0 aliphatic rings. The monoisotopic (exact) mass is 427 g/mol. The maximum Gasteiger partial charge on any atom is 0.312 e. The number of ether oxygens (including phenoxy) is 1. The van der Waals surface area contributed by atoms with Crippen LogP contribution in [-0.4, -0.2) is 27.6 Å². The predicted molar refractivity (Wildman–Crippen MR) is 105 cm³/mol. The summed E-state index contributed by atoms with van der Waals surface area (Å²) >= 11 is 0. The highest BCUT2D eigenvalue weighted by Gasteiger charge is 2.21. The van der Waals surface area contributed by atoms with E-state index in [4.69, 9.17) is 20.1 Å². The van der Waals surface area contributed by atoms with Crippen LogP contribution in [0, 0.1) is 23.0 Å². The Kier molecular flexibility index (Phi) is 6.77. The van der Waals surface area contributed by atoms with Crippen molar-refractivity contribution >= 4 is 11.9 Å². The van der Waals surface area contributed by atoms with E-state index in [1.54, 1.807) is 13.0 Å². The Balaban J connectivity index is 1.79. The standard InChI is InChI=1S/C21H19F2N5O3/c1-2-15-16(22)4-3-5-18(15)30-12-20(29)28(11-19-26-27-21(25)31-19)10-14-7-6-13(9-24)8-17(14)23/h3-8H,2,10-12H2,1H3,(H2,25,27). The number of hydrogen-bond donors (Lipinski definition) is 1. The first-order valence-corrected chi connectivity index (χ1v) is 9.35. The second-order valence-corrected chi connectivity index (χ2v) is 6.56. The van der Waals surface area contributed by atoms with Crippen molar-refractivity contribution in [1.82, 2.24) is 15.1 Å². The topological polar surface area (TPSA) is 118 Å². The van der Waals surface area contributed by atoms with Crippen molar-refractivity contribution < 1.29 is 22.7 Å². The Morgan fingerprint density at radius 1 is 1.23 bits per heavy atom. The number of amides is 1. The van der Waals surface area contributed by atoms with Gasteiger partial charge in [0.05, 0.1) is 18.2 Å². The van der Waals surface area contributed by atoms with E-state index in [2.05, 4.69) is 10.2 Å². The molecule has 8 nitrogen and oxygen atoms in total. The molecule has 3 rings (SSSR count). The van der Waals surface area contributed by atoms with Crippen LogP contribution in [0.3, 0.4) is 0 Å². The maximum atomic E-state index is 14.4. The van der Waals surface area contributed by atoms with Gasteiger partial charge in [-0.05, 0) is 30.7 Å². The van der Waals surface area contributed by atoms with Crippen LogP contribution in [0.1, 0.15) is 29.5 Å². The van der Waals surface area contributed by atoms with Gasteiger partial charge < -0.3 is 19.8 Å². The number of halogens is 2. The molecule has 1 aromatic heterocycles. The fourth-order valence-electron chi connectivity index (χ4n) is 2.92. The smallest absolute Gasteiger partial charge is 0.312 e. The number of anilines is 1. The van der Waals surface area contributed by atoms with Crippen LogP contribution < -0.4 is 10.5 Å². The molecular formula is C21H19F2N5O3. The summed E-state index contributed by atoms with van der Waals surface area (Å²) in [6.07, 6.45) is 0.387. The number of carbonyl (C=O) groups excluding carboxylic acids is 1. The summed E-state index contributed by atoms with van der Waals surface area (Å²) in [6, 6.07) is 9.99. The third-order valence-electron chi connectivity index (χ3n) is 4.49. The number of benzene rings is 2. The normalized spacial score (nSPS) is 10.5. The molecule has 0 aliphatic carbocycles. The van der Waals surface area contributed by atoms with Gasteiger partial charge in [-0.1, -0.05) is 24.2 Å². The molecule has 2 N–H and O–H groups in total. The lowest BCUT2D eigenvalue weighted by atomic mass is 10.1. The van der Waals surface area contributed by atoms with Gasteiger partial charge in [0.2, 0.25) is 5.89 Å². The number of hydrogen-bond acceptors (Lipinski definition) is 7. The van der Waals surface area contributed by atoms with Crippen molar-refractivity contribution in [3.63, 3.8) is 0 Å². The second kappa shape index (κ2) is 9.67. The van der Waals surface area contributed by atoms with E-state index in [1.807, 2.05) is 6.07 Å². The molecule has 31 heavy (non-hydrogen) atoms. The number of rotatable bonds is 8. The van der Waals surface area contributed by atoms with Crippen molar-refractivity contribution in [3.05, 3.63) is 70.6 Å². The van der Waals surface area contributed by atoms with Gasteiger partial charge in [-0.2, -0.15) is 5.26 Å². The average molecular weight is 427 g/mol. The third-order valence-corrected chi connectivity index (χ3v) is 4.49. The highest BCUT2D eigenvalue weighted by atomic mass is 19.1. The Bertz CT molecular complexity index is 1130. The first-order chi connectivity index (χ1) is 14.9. The molecule has 0 unspecified atom stereocenters. The Hall–Kier alpha value is -4.00. The lowest BCUT2D eigenvalue weighted by molar-refractivity contribution is -0.135. The number of nitriles is 1. The van der Waals surface area contributed by atoms with Gasteiger partial charge in [-0.25, -0.2) is 8.78 Å². The molecule has 0 bridgehead atoms. The third kappa shape index (κ3) is 5.33. The minimum Gasteiger partial charge on any atom is -0.483 e. The number of nitrogens with two attached hydrogens (primary N) is 1. The summed E-state index contributed by atoms with van der Waals surface area (Å²) in [7, 11) is 0. The van der Waals surface area contributed by atoms with Crippen molar-refractivity contribution in [2.24, 2.45) is 0 Å². The molecule has 0 saturated carbocycles. The molecular weight excluding hydrogens is 408 g/mol. The molecule has 10 heteroatoms. The zero-order valence-corrected chi connectivity index (χ0v) is 16.6. The number of nitrogen functional groups attached to an aromatic ring is 1. The Labute approximate surface area is 176 Å². The number of carbonyl (C=O) groups is 1. The van der Waals surface area contributed by atoms with Crippen LogP contribution in [0.2, 0.25) is 0 Å². The summed E-state index contributed by atoms with van der Waals surface area (Å²) in [6.45, 7) is 1.06. The van der Waals surface area contributed by atoms with E-state index in [1.165, 1.54) is 29.2 Å². The lowest BCUT2D eigenvalue weighted by Crippen LogP contribution is -2.34. The Morgan fingerprint density at radius 3 is 2.68 bits per heavy atom. The van der Waals surface area contributed by atoms with Crippen LogP contribution in [0.4, 0.5) is 14.8 Å². The maximum absolute atomic E-state index is 14.4. The van der Waals surface area contributed by atoms with Gasteiger partial charge in [0.15, 0.2) is 6.61 Å². The molecule has 2 aromatic carbocycles. The molecule has 1 heterocycles. The zero-order valence-electron chi connectivity index (χ0n) is 16.6. The van der Waals surface area contributed by atoms with E-state index in [9.17, 15) is 13.6 Å². The quantitative estimate of drug-likeness (QED) is 0.587. The van der Waals surface area contributed by atoms with Crippen molar-refractivity contribution in [3.8, 4) is 11.8 Å². The number of nitrogens with zero attached hydrogens (tertiary/aromatic N) is 4. The average Bonchev–Trinajstić information content (AvgIpc) is 3.17. The molecule has 0 saturated heterocycles. The zero-order chi connectivity index (χ0) is 22.4. The van der Waals surface area contributed by atoms with Gasteiger partial charge in [0.25, 0.3) is 5.91 Å². The highest BCUT2D eigenvalue weighted by molar-refractivity contribution is 5.77. The summed E-state index contributed by atoms with van der Waals surface area (Å²) in [4.78, 5) is 14.1. The highest BCUT2D eigenvalue weighted by Crippen LogP contribution is 2.22. The molecule has 0 fully saturated rings. The lowest BCUT2D eigenvalue weighted by Gasteiger charge is -2.22. The van der Waals surface area contributed by atoms with Gasteiger partial charge in [0, 0.05) is 17.7 Å². The summed E-state index contributed by atoms with van der Waals surface area (Å²) < 4.78 is 39.0. The van der Waals surface area contributed by atoms with E-state index in [-0.39, 0.29) is 41.9 Å². The van der Waals surface area contributed by atoms with Crippen molar-refractivity contribution in [1.29, 1.82) is 5.26 Å². The molecule has 1 amide bonds. The summed E-state index contributed by atoms with van der Waals surface area (Å²) in [5, 5.41) is 16.2. The number of aromatic nitrogens is 2. The summed E-state index contributed by atoms with van der Waals surface area (Å²) in [5.74, 6) is -1.28. The van der Waals surface area contributed by atoms with Gasteiger partial charge in [0.1, 0.15) is 17.4 Å². The molecule has 0 atom stereocenters. The molecule has 0 radical (unpaired) electrons.